The topological polar surface area (TPSA) is 82.7 Å². The van der Waals surface area contributed by atoms with E-state index in [1.54, 1.807) is 17.6 Å². The third kappa shape index (κ3) is 7.08. The van der Waals surface area contributed by atoms with Gasteiger partial charge in [-0.15, -0.1) is 35.3 Å². The fourth-order valence-electron chi connectivity index (χ4n) is 2.85. The van der Waals surface area contributed by atoms with Crippen LogP contribution >= 0.6 is 35.3 Å². The molecule has 0 spiro atoms. The molecule has 0 bridgehead atoms. The molecule has 0 saturated carbocycles. The molecule has 2 aromatic rings. The summed E-state index contributed by atoms with van der Waals surface area (Å²) in [7, 11) is 0. The molecule has 0 radical (unpaired) electrons. The molecule has 0 aliphatic heterocycles. The summed E-state index contributed by atoms with van der Waals surface area (Å²) >= 11 is 1.61. The quantitative estimate of drug-likeness (QED) is 0.255. The van der Waals surface area contributed by atoms with Crippen LogP contribution in [-0.4, -0.2) is 35.7 Å². The average molecular weight is 506 g/mol. The monoisotopic (exact) mass is 506 g/mol. The van der Waals surface area contributed by atoms with Crippen LogP contribution < -0.4 is 10.6 Å². The second kappa shape index (κ2) is 12.4. The Morgan fingerprint density at radius 2 is 2.07 bits per heavy atom. The summed E-state index contributed by atoms with van der Waals surface area (Å²) in [5.41, 5.74) is 0.892. The van der Waals surface area contributed by atoms with Gasteiger partial charge in [0.2, 0.25) is 5.89 Å². The molecule has 2 rings (SSSR count). The standard InChI is InChI=1S/C19H30N4O2S.HI/c1-4-19(5-2,9-10-24)14-22-18(20-6-3)21-12-15-13-25-17(23-15)16-8-7-11-26-16;/h7-8,11,13,24H,4-6,9-10,12,14H2,1-3H3,(H2,20,21,22);1H. The van der Waals surface area contributed by atoms with Crippen LogP contribution in [-0.2, 0) is 6.54 Å². The minimum Gasteiger partial charge on any atom is -0.443 e. The highest BCUT2D eigenvalue weighted by Gasteiger charge is 2.25. The van der Waals surface area contributed by atoms with E-state index in [9.17, 15) is 5.11 Å². The van der Waals surface area contributed by atoms with E-state index in [1.165, 1.54) is 0 Å². The number of aliphatic hydroxyl groups excluding tert-OH is 1. The van der Waals surface area contributed by atoms with E-state index in [2.05, 4.69) is 34.5 Å². The zero-order chi connectivity index (χ0) is 18.8. The Kier molecular flexibility index (Phi) is 10.9. The van der Waals surface area contributed by atoms with Crippen molar-refractivity contribution in [3.63, 3.8) is 0 Å². The first kappa shape index (κ1) is 23.9. The van der Waals surface area contributed by atoms with Crippen LogP contribution in [0.5, 0.6) is 0 Å². The normalized spacial score (nSPS) is 11.9. The van der Waals surface area contributed by atoms with Crippen molar-refractivity contribution in [1.82, 2.24) is 15.6 Å². The lowest BCUT2D eigenvalue weighted by Crippen LogP contribution is -2.43. The molecule has 0 aromatic carbocycles. The van der Waals surface area contributed by atoms with Gasteiger partial charge in [-0.1, -0.05) is 19.9 Å². The van der Waals surface area contributed by atoms with Gasteiger partial charge in [0.15, 0.2) is 5.96 Å². The van der Waals surface area contributed by atoms with E-state index in [4.69, 9.17) is 4.42 Å². The van der Waals surface area contributed by atoms with Crippen molar-refractivity contribution in [3.05, 3.63) is 29.5 Å². The van der Waals surface area contributed by atoms with Gasteiger partial charge in [-0.05, 0) is 43.0 Å². The summed E-state index contributed by atoms with van der Waals surface area (Å²) in [4.78, 5) is 10.1. The molecule has 0 atom stereocenters. The Labute approximate surface area is 182 Å². The van der Waals surface area contributed by atoms with Crippen molar-refractivity contribution >= 4 is 41.3 Å². The van der Waals surface area contributed by atoms with Crippen LogP contribution in [0, 0.1) is 5.41 Å². The molecular weight excluding hydrogens is 475 g/mol. The maximum Gasteiger partial charge on any atom is 0.236 e. The number of nitrogens with zero attached hydrogens (tertiary/aromatic N) is 2. The third-order valence-corrected chi connectivity index (χ3v) is 5.66. The molecular formula is C19H31IN4O2S. The van der Waals surface area contributed by atoms with Gasteiger partial charge in [0, 0.05) is 19.7 Å². The Bertz CT molecular complexity index is 669. The molecule has 0 aliphatic carbocycles. The predicted molar refractivity (Wildman–Crippen MR) is 123 cm³/mol. The van der Waals surface area contributed by atoms with Gasteiger partial charge in [-0.25, -0.2) is 9.98 Å². The van der Waals surface area contributed by atoms with Crippen molar-refractivity contribution in [1.29, 1.82) is 0 Å². The molecule has 0 saturated heterocycles. The molecule has 8 heteroatoms. The summed E-state index contributed by atoms with van der Waals surface area (Å²) < 4.78 is 5.54. The number of aliphatic hydroxyl groups is 1. The number of guanidine groups is 1. The molecule has 0 unspecified atom stereocenters. The molecule has 0 amide bonds. The molecule has 2 aromatic heterocycles. The van der Waals surface area contributed by atoms with Crippen LogP contribution in [0.2, 0.25) is 0 Å². The summed E-state index contributed by atoms with van der Waals surface area (Å²) in [5.74, 6) is 1.40. The highest BCUT2D eigenvalue weighted by Crippen LogP contribution is 2.29. The van der Waals surface area contributed by atoms with Gasteiger partial charge in [-0.2, -0.15) is 0 Å². The number of thiophene rings is 1. The van der Waals surface area contributed by atoms with Gasteiger partial charge in [0.05, 0.1) is 11.4 Å². The lowest BCUT2D eigenvalue weighted by atomic mass is 9.79. The van der Waals surface area contributed by atoms with E-state index >= 15 is 0 Å². The number of aliphatic imine (C=N–C) groups is 1. The number of aromatic nitrogens is 1. The molecule has 3 N–H and O–H groups in total. The number of rotatable bonds is 10. The first-order valence-corrected chi connectivity index (χ1v) is 10.2. The summed E-state index contributed by atoms with van der Waals surface area (Å²) in [6.07, 6.45) is 4.49. The summed E-state index contributed by atoms with van der Waals surface area (Å²) in [5, 5.41) is 18.1. The molecule has 152 valence electrons. The SMILES string of the molecule is CCNC(=NCc1coc(-c2cccs2)n1)NCC(CC)(CC)CCO.I. The smallest absolute Gasteiger partial charge is 0.236 e. The fraction of sp³-hybridized carbons (Fsp3) is 0.579. The first-order chi connectivity index (χ1) is 12.7. The van der Waals surface area contributed by atoms with Gasteiger partial charge in [0.1, 0.15) is 12.0 Å². The van der Waals surface area contributed by atoms with E-state index in [0.29, 0.717) is 12.4 Å². The van der Waals surface area contributed by atoms with Crippen LogP contribution in [0.4, 0.5) is 0 Å². The van der Waals surface area contributed by atoms with Gasteiger partial charge < -0.3 is 20.2 Å². The first-order valence-electron chi connectivity index (χ1n) is 9.27. The largest absolute Gasteiger partial charge is 0.443 e. The van der Waals surface area contributed by atoms with Crippen molar-refractivity contribution in [2.75, 3.05) is 19.7 Å². The van der Waals surface area contributed by atoms with E-state index in [1.807, 2.05) is 24.4 Å². The number of hydrogen-bond donors (Lipinski definition) is 3. The van der Waals surface area contributed by atoms with Crippen molar-refractivity contribution in [2.45, 2.75) is 46.6 Å². The Hall–Kier alpha value is -1.13. The predicted octanol–water partition coefficient (Wildman–Crippen LogP) is 4.27. The number of hydrogen-bond acceptors (Lipinski definition) is 5. The maximum absolute atomic E-state index is 9.37. The van der Waals surface area contributed by atoms with Gasteiger partial charge in [0.25, 0.3) is 0 Å². The lowest BCUT2D eigenvalue weighted by Gasteiger charge is -2.32. The molecule has 2 heterocycles. The van der Waals surface area contributed by atoms with Crippen LogP contribution in [0.3, 0.4) is 0 Å². The minimum absolute atomic E-state index is 0. The Balaban J connectivity index is 0.00000364. The van der Waals surface area contributed by atoms with E-state index < -0.39 is 0 Å². The van der Waals surface area contributed by atoms with Gasteiger partial charge >= 0.3 is 0 Å². The second-order valence-corrected chi connectivity index (χ2v) is 7.30. The number of halogens is 1. The molecule has 6 nitrogen and oxygen atoms in total. The van der Waals surface area contributed by atoms with Gasteiger partial charge in [-0.3, -0.25) is 0 Å². The van der Waals surface area contributed by atoms with Crippen LogP contribution in [0.1, 0.15) is 45.7 Å². The van der Waals surface area contributed by atoms with Crippen molar-refractivity contribution in [3.8, 4) is 10.8 Å². The number of oxazole rings is 1. The fourth-order valence-corrected chi connectivity index (χ4v) is 3.50. The average Bonchev–Trinajstić information content (AvgIpc) is 3.34. The molecule has 0 fully saturated rings. The zero-order valence-corrected chi connectivity index (χ0v) is 19.5. The summed E-state index contributed by atoms with van der Waals surface area (Å²) in [6, 6.07) is 3.97. The van der Waals surface area contributed by atoms with E-state index in [0.717, 1.165) is 48.9 Å². The van der Waals surface area contributed by atoms with E-state index in [-0.39, 0.29) is 36.0 Å². The van der Waals surface area contributed by atoms with Crippen molar-refractivity contribution < 1.29 is 9.52 Å². The zero-order valence-electron chi connectivity index (χ0n) is 16.3. The van der Waals surface area contributed by atoms with Crippen LogP contribution in [0.25, 0.3) is 10.8 Å². The molecule has 27 heavy (non-hydrogen) atoms. The Morgan fingerprint density at radius 1 is 1.30 bits per heavy atom. The highest BCUT2D eigenvalue weighted by molar-refractivity contribution is 14.0. The maximum atomic E-state index is 9.37. The third-order valence-electron chi connectivity index (χ3n) is 4.80. The second-order valence-electron chi connectivity index (χ2n) is 6.35. The molecule has 0 aliphatic rings. The minimum atomic E-state index is 0. The Morgan fingerprint density at radius 3 is 2.67 bits per heavy atom. The highest BCUT2D eigenvalue weighted by atomic mass is 127. The van der Waals surface area contributed by atoms with Crippen LogP contribution in [0.15, 0.2) is 33.2 Å². The number of nitrogens with one attached hydrogen (secondary N) is 2. The summed E-state index contributed by atoms with van der Waals surface area (Å²) in [6.45, 7) is 8.63. The lowest BCUT2D eigenvalue weighted by molar-refractivity contribution is 0.169. The van der Waals surface area contributed by atoms with Crippen molar-refractivity contribution in [2.24, 2.45) is 10.4 Å².